The summed E-state index contributed by atoms with van der Waals surface area (Å²) in [4.78, 5) is 85.6. The molecule has 0 spiro atoms. The maximum Gasteiger partial charge on any atom is 0.488 e. The van der Waals surface area contributed by atoms with Crippen molar-refractivity contribution in [3.63, 3.8) is 0 Å². The number of hydrogen-bond acceptors (Lipinski definition) is 20. The molecule has 9 heterocycles. The van der Waals surface area contributed by atoms with Gasteiger partial charge in [0.15, 0.2) is 43.2 Å². The molecule has 29 nitrogen and oxygen atoms in total. The molecule has 512 valence electrons. The predicted octanol–water partition coefficient (Wildman–Crippen LogP) is 8.13. The van der Waals surface area contributed by atoms with Crippen molar-refractivity contribution < 1.29 is 39.1 Å². The number of ketones is 2. The van der Waals surface area contributed by atoms with E-state index in [9.17, 15) is 24.0 Å². The Hall–Kier alpha value is -8.37. The van der Waals surface area contributed by atoms with Gasteiger partial charge in [0, 0.05) is 93.4 Å². The molecule has 3 aromatic carbocycles. The Kier molecular flexibility index (Phi) is 36.5. The lowest BCUT2D eigenvalue weighted by atomic mass is 9.81. The SMILES string of the molecule is CC.CC.CC.CC(=O)c1nc(Br)n(C)n1.CC(=O)c1ncn(C)n1.Cn1nc(C(=O)N2CCCC2)nc1-c1ccccc1.Cn1nc(C(=O)N2CCCC2)nc1Br.Cn1nc(C(=O)O)nc1Br.Cn1nc(CN2CCCC2)nc1-c1ccccc1.OB(O)c1ccccc1. The zero-order chi connectivity index (χ0) is 70.7. The number of nitrogens with zero attached hydrogens (tertiary/aromatic N) is 21. The van der Waals surface area contributed by atoms with Gasteiger partial charge in [-0.3, -0.25) is 28.8 Å². The van der Waals surface area contributed by atoms with Crippen LogP contribution < -0.4 is 5.46 Å². The van der Waals surface area contributed by atoms with E-state index >= 15 is 0 Å². The van der Waals surface area contributed by atoms with Crippen LogP contribution in [0.25, 0.3) is 22.8 Å². The van der Waals surface area contributed by atoms with Crippen LogP contribution in [0.4, 0.5) is 0 Å². The van der Waals surface area contributed by atoms with Gasteiger partial charge >= 0.3 is 13.1 Å². The molecule has 0 atom stereocenters. The van der Waals surface area contributed by atoms with Crippen LogP contribution in [0.2, 0.25) is 0 Å². The first-order valence-electron chi connectivity index (χ1n) is 30.9. The van der Waals surface area contributed by atoms with Crippen LogP contribution >= 0.6 is 47.8 Å². The van der Waals surface area contributed by atoms with Crippen molar-refractivity contribution in [2.24, 2.45) is 42.3 Å². The van der Waals surface area contributed by atoms with Gasteiger partial charge in [-0.25, -0.2) is 43.2 Å². The Bertz CT molecular complexity index is 3610. The number of Topliss-reactive ketones (excluding diaryl/α,β-unsaturated/α-hetero) is 2. The largest absolute Gasteiger partial charge is 0.488 e. The van der Waals surface area contributed by atoms with Gasteiger partial charge in [-0.15, -0.1) is 25.5 Å². The molecule has 0 aliphatic carbocycles. The highest BCUT2D eigenvalue weighted by molar-refractivity contribution is 9.10. The maximum atomic E-state index is 12.2. The summed E-state index contributed by atoms with van der Waals surface area (Å²) in [7, 11) is 9.22. The summed E-state index contributed by atoms with van der Waals surface area (Å²) in [5.74, 6) is 2.02. The normalized spacial score (nSPS) is 12.5. The van der Waals surface area contributed by atoms with Gasteiger partial charge in [0.2, 0.25) is 23.3 Å². The monoisotopic (exact) mass is 1500 g/mol. The van der Waals surface area contributed by atoms with E-state index in [2.05, 4.69) is 125 Å². The lowest BCUT2D eigenvalue weighted by molar-refractivity contribution is 0.0681. The molecule has 33 heteroatoms. The van der Waals surface area contributed by atoms with Crippen LogP contribution in [-0.2, 0) is 48.8 Å². The summed E-state index contributed by atoms with van der Waals surface area (Å²) in [5, 5.41) is 49.5. The number of carbonyl (C=O) groups is 5. The highest BCUT2D eigenvalue weighted by Crippen LogP contribution is 2.20. The summed E-state index contributed by atoms with van der Waals surface area (Å²) in [6, 6.07) is 28.7. The fourth-order valence-electron chi connectivity index (χ4n) is 8.47. The Balaban J connectivity index is 0.000000291. The van der Waals surface area contributed by atoms with Crippen LogP contribution in [-0.4, -0.2) is 194 Å². The lowest BCUT2D eigenvalue weighted by Gasteiger charge is -2.11. The molecular formula is C62H87BBr3N21O8. The number of likely N-dealkylation sites (tertiary alicyclic amines) is 3. The fraction of sp³-hybridized carbons (Fsp3) is 0.435. The van der Waals surface area contributed by atoms with E-state index in [-0.39, 0.29) is 46.7 Å². The van der Waals surface area contributed by atoms with E-state index in [1.54, 1.807) is 66.7 Å². The zero-order valence-electron chi connectivity index (χ0n) is 56.4. The molecule has 95 heavy (non-hydrogen) atoms. The van der Waals surface area contributed by atoms with Gasteiger partial charge in [-0.05, 0) is 105 Å². The molecule has 0 radical (unpaired) electrons. The average molecular weight is 1510 g/mol. The van der Waals surface area contributed by atoms with E-state index in [1.807, 2.05) is 120 Å². The van der Waals surface area contributed by atoms with Crippen LogP contribution in [0.3, 0.4) is 0 Å². The molecule has 12 rings (SSSR count). The van der Waals surface area contributed by atoms with Crippen molar-refractivity contribution in [1.82, 2.24) is 103 Å². The first kappa shape index (κ1) is 80.9. The van der Waals surface area contributed by atoms with Crippen LogP contribution in [0.5, 0.6) is 0 Å². The standard InChI is InChI=1S/C14H16N4O.C14H18N4.C8H11BrN4O.C6H7BO2.C5H6BrN3O.C5H7N3O.C4H4BrN3O2.3C2H6/c1-17-13(11-7-3-2-4-8-11)15-12(16-17)14(19)18-9-5-6-10-18;1-17-14(12-7-3-2-4-8-12)15-13(16-17)11-18-9-5-6-10-18;1-12-8(9)10-6(11-12)7(14)13-4-2-3-5-13;8-7(9)6-4-2-1-3-5-6;1-3(10)4-7-5(6)9(2)8-4;1-4(9)5-6-3-8(2)7-5;1-8-4(5)6-2(7-8)3(9)10;3*1-2/h2-4,7-8H,5-6,9-10H2,1H3;2-4,7-8H,5-6,9-11H2,1H3;2-5H2,1H3;1-5,8-9H;1-2H3;3H,1-2H3;1H3,(H,9,10);3*1-2H3. The van der Waals surface area contributed by atoms with Gasteiger partial charge < -0.3 is 25.0 Å². The maximum absolute atomic E-state index is 12.2. The second-order valence-electron chi connectivity index (χ2n) is 20.0. The van der Waals surface area contributed by atoms with Crippen molar-refractivity contribution in [2.45, 2.75) is 100 Å². The van der Waals surface area contributed by atoms with Gasteiger partial charge in [0.25, 0.3) is 17.6 Å². The minimum Gasteiger partial charge on any atom is -0.475 e. The van der Waals surface area contributed by atoms with Crippen molar-refractivity contribution in [2.75, 3.05) is 39.3 Å². The predicted molar refractivity (Wildman–Crippen MR) is 372 cm³/mol. The number of carboxylic acid groups (broad SMARTS) is 1. The Morgan fingerprint density at radius 3 is 1.13 bits per heavy atom. The van der Waals surface area contributed by atoms with Crippen molar-refractivity contribution in [1.29, 1.82) is 0 Å². The number of aromatic nitrogens is 18. The van der Waals surface area contributed by atoms with E-state index in [0.717, 1.165) is 87.0 Å². The minimum absolute atomic E-state index is 0.0599. The second-order valence-corrected chi connectivity index (χ2v) is 22.1. The second kappa shape index (κ2) is 42.9. The first-order chi connectivity index (χ1) is 45.5. The van der Waals surface area contributed by atoms with Gasteiger partial charge in [0.05, 0.1) is 6.54 Å². The Morgan fingerprint density at radius 2 is 0.800 bits per heavy atom. The number of rotatable bonds is 10. The van der Waals surface area contributed by atoms with Gasteiger partial charge in [0.1, 0.15) is 6.33 Å². The molecule has 3 aliphatic heterocycles. The number of halogens is 3. The quantitative estimate of drug-likeness (QED) is 0.0859. The Morgan fingerprint density at radius 1 is 0.442 bits per heavy atom. The number of amides is 2. The molecule has 6 aromatic heterocycles. The van der Waals surface area contributed by atoms with Crippen LogP contribution in [0.15, 0.2) is 112 Å². The van der Waals surface area contributed by atoms with Gasteiger partial charge in [-0.2, -0.15) is 20.1 Å². The smallest absolute Gasteiger partial charge is 0.475 e. The number of carboxylic acids is 1. The third-order valence-corrected chi connectivity index (χ3v) is 15.1. The number of aryl methyl sites for hydroxylation is 6. The Labute approximate surface area is 580 Å². The lowest BCUT2D eigenvalue weighted by Crippen LogP contribution is -2.29. The third kappa shape index (κ3) is 26.8. The molecule has 3 aliphatic rings. The zero-order valence-corrected chi connectivity index (χ0v) is 61.2. The molecule has 0 bridgehead atoms. The molecule has 0 unspecified atom stereocenters. The van der Waals surface area contributed by atoms with Crippen LogP contribution in [0.1, 0.15) is 153 Å². The molecule has 9 aromatic rings. The fourth-order valence-corrected chi connectivity index (χ4v) is 9.21. The van der Waals surface area contributed by atoms with E-state index in [1.165, 1.54) is 60.2 Å². The highest BCUT2D eigenvalue weighted by atomic mass is 79.9. The van der Waals surface area contributed by atoms with Crippen molar-refractivity contribution in [3.8, 4) is 22.8 Å². The summed E-state index contributed by atoms with van der Waals surface area (Å²) in [6.45, 7) is 21.4. The molecule has 2 amide bonds. The third-order valence-electron chi connectivity index (χ3n) is 13.0. The molecular weight excluding hydrogens is 1420 g/mol. The van der Waals surface area contributed by atoms with E-state index in [4.69, 9.17) is 15.2 Å². The summed E-state index contributed by atoms with van der Waals surface area (Å²) in [5.41, 5.74) is 2.62. The highest BCUT2D eigenvalue weighted by Gasteiger charge is 2.26. The molecule has 3 fully saturated rings. The number of aromatic carboxylic acids is 1. The van der Waals surface area contributed by atoms with Crippen molar-refractivity contribution >= 4 is 89.7 Å². The van der Waals surface area contributed by atoms with Crippen molar-refractivity contribution in [3.05, 3.63) is 146 Å². The van der Waals surface area contributed by atoms with E-state index < -0.39 is 13.1 Å². The topological polar surface area (TPSA) is 340 Å². The summed E-state index contributed by atoms with van der Waals surface area (Å²) >= 11 is 9.34. The number of carbonyl (C=O) groups excluding carboxylic acids is 4. The molecule has 3 saturated heterocycles. The summed E-state index contributed by atoms with van der Waals surface area (Å²) < 4.78 is 11.0. The molecule has 0 saturated carbocycles. The van der Waals surface area contributed by atoms with E-state index in [0.29, 0.717) is 25.5 Å². The minimum atomic E-state index is -1.34. The molecule has 3 N–H and O–H groups in total. The van der Waals surface area contributed by atoms with Crippen LogP contribution in [0, 0.1) is 0 Å². The number of benzene rings is 3. The number of hydrogen-bond donors (Lipinski definition) is 3. The van der Waals surface area contributed by atoms with Gasteiger partial charge in [-0.1, -0.05) is 133 Å². The summed E-state index contributed by atoms with van der Waals surface area (Å²) in [6.07, 6.45) is 8.42. The first-order valence-corrected chi connectivity index (χ1v) is 33.3. The average Bonchev–Trinajstić information content (AvgIpc) is 1.71.